The first-order valence-electron chi connectivity index (χ1n) is 10.8. The van der Waals surface area contributed by atoms with Crippen LogP contribution in [0.2, 0.25) is 0 Å². The van der Waals surface area contributed by atoms with E-state index in [1.165, 1.54) is 26.0 Å². The number of hydrogen-bond donors (Lipinski definition) is 0. The molecule has 1 aliphatic rings. The fourth-order valence-corrected chi connectivity index (χ4v) is 3.50. The van der Waals surface area contributed by atoms with Gasteiger partial charge >= 0.3 is 29.2 Å². The van der Waals surface area contributed by atoms with Crippen LogP contribution < -0.4 is 16.0 Å². The maximum absolute atomic E-state index is 13.3. The highest BCUT2D eigenvalue weighted by Gasteiger charge is 2.40. The molecule has 0 radical (unpaired) electrons. The van der Waals surface area contributed by atoms with Crippen LogP contribution in [0.15, 0.2) is 46.1 Å². The predicted octanol–water partition coefficient (Wildman–Crippen LogP) is 0.0326. The van der Waals surface area contributed by atoms with Crippen LogP contribution in [0.5, 0.6) is 5.75 Å². The van der Waals surface area contributed by atoms with Crippen molar-refractivity contribution < 1.29 is 42.9 Å². The molecule has 0 unspecified atom stereocenters. The van der Waals surface area contributed by atoms with Crippen LogP contribution in [-0.2, 0) is 33.3 Å². The standard InChI is InChI=1S/C23H24N2O11/c1-13(26)33-11-18-16(35-14(2)27)9-19(36-18)24-10-17(34-12-20(28)32-3)22(30)25(23(24)31)21(29)15-7-5-4-6-8-15/h4-8,10,16,18-19H,9,11-12H2,1-3H3/t16-,18+,19+/m0/s1. The molecule has 13 nitrogen and oxygen atoms in total. The van der Waals surface area contributed by atoms with Crippen molar-refractivity contribution in [1.29, 1.82) is 0 Å². The van der Waals surface area contributed by atoms with Crippen molar-refractivity contribution >= 4 is 23.8 Å². The van der Waals surface area contributed by atoms with E-state index >= 15 is 0 Å². The van der Waals surface area contributed by atoms with E-state index in [1.54, 1.807) is 18.2 Å². The summed E-state index contributed by atoms with van der Waals surface area (Å²) in [5.74, 6) is -3.46. The maximum atomic E-state index is 13.3. The summed E-state index contributed by atoms with van der Waals surface area (Å²) >= 11 is 0. The van der Waals surface area contributed by atoms with Gasteiger partial charge in [0.15, 0.2) is 6.61 Å². The molecule has 1 aliphatic heterocycles. The van der Waals surface area contributed by atoms with Gasteiger partial charge < -0.3 is 23.7 Å². The number of ether oxygens (including phenoxy) is 5. The number of hydrogen-bond acceptors (Lipinski definition) is 11. The zero-order chi connectivity index (χ0) is 26.4. The lowest BCUT2D eigenvalue weighted by Crippen LogP contribution is -2.45. The van der Waals surface area contributed by atoms with Crippen LogP contribution in [0.25, 0.3) is 0 Å². The summed E-state index contributed by atoms with van der Waals surface area (Å²) in [4.78, 5) is 73.8. The minimum atomic E-state index is -1.14. The molecule has 0 saturated carbocycles. The number of nitrogens with zero attached hydrogens (tertiary/aromatic N) is 2. The second kappa shape index (κ2) is 11.4. The van der Waals surface area contributed by atoms with Crippen LogP contribution in [-0.4, -0.2) is 65.5 Å². The number of methoxy groups -OCH3 is 1. The molecule has 1 saturated heterocycles. The van der Waals surface area contributed by atoms with Crippen molar-refractivity contribution in [2.45, 2.75) is 38.7 Å². The van der Waals surface area contributed by atoms with Gasteiger partial charge in [0.25, 0.3) is 5.91 Å². The first kappa shape index (κ1) is 26.3. The first-order valence-corrected chi connectivity index (χ1v) is 10.8. The molecule has 3 rings (SSSR count). The predicted molar refractivity (Wildman–Crippen MR) is 119 cm³/mol. The lowest BCUT2D eigenvalue weighted by Gasteiger charge is -2.18. The van der Waals surface area contributed by atoms with E-state index in [1.807, 2.05) is 0 Å². The molecule has 0 amide bonds. The second-order valence-corrected chi connectivity index (χ2v) is 7.68. The Balaban J connectivity index is 2.06. The summed E-state index contributed by atoms with van der Waals surface area (Å²) < 4.78 is 27.0. The monoisotopic (exact) mass is 504 g/mol. The Morgan fingerprint density at radius 2 is 1.75 bits per heavy atom. The van der Waals surface area contributed by atoms with Gasteiger partial charge in [-0.1, -0.05) is 18.2 Å². The van der Waals surface area contributed by atoms with Gasteiger partial charge in [0, 0.05) is 25.8 Å². The van der Waals surface area contributed by atoms with E-state index in [2.05, 4.69) is 4.74 Å². The molecule has 0 spiro atoms. The second-order valence-electron chi connectivity index (χ2n) is 7.68. The molecule has 0 aliphatic carbocycles. The maximum Gasteiger partial charge on any atom is 0.343 e. The molecule has 3 atom stereocenters. The third-order valence-electron chi connectivity index (χ3n) is 5.14. The molecule has 1 aromatic heterocycles. The Morgan fingerprint density at radius 1 is 1.06 bits per heavy atom. The van der Waals surface area contributed by atoms with Gasteiger partial charge in [-0.05, 0) is 12.1 Å². The molecule has 1 fully saturated rings. The van der Waals surface area contributed by atoms with Gasteiger partial charge in [-0.2, -0.15) is 4.57 Å². The number of rotatable bonds is 8. The molecular formula is C23H24N2O11. The Kier molecular flexibility index (Phi) is 8.38. The summed E-state index contributed by atoms with van der Waals surface area (Å²) in [6, 6.07) is 7.59. The summed E-state index contributed by atoms with van der Waals surface area (Å²) in [6.07, 6.45) is -2.05. The third-order valence-corrected chi connectivity index (χ3v) is 5.14. The molecule has 0 N–H and O–H groups in total. The van der Waals surface area contributed by atoms with Crippen LogP contribution in [0.4, 0.5) is 0 Å². The lowest BCUT2D eigenvalue weighted by atomic mass is 10.2. The van der Waals surface area contributed by atoms with E-state index in [9.17, 15) is 28.8 Å². The quantitative estimate of drug-likeness (QED) is 0.353. The molecular weight excluding hydrogens is 480 g/mol. The number of carbonyl (C=O) groups is 4. The minimum Gasteiger partial charge on any atom is -0.475 e. The fraction of sp³-hybridized carbons (Fsp3) is 0.391. The van der Waals surface area contributed by atoms with Gasteiger partial charge in [-0.15, -0.1) is 0 Å². The van der Waals surface area contributed by atoms with E-state index in [4.69, 9.17) is 18.9 Å². The normalized spacial score (nSPS) is 18.8. The molecule has 1 aromatic carbocycles. The van der Waals surface area contributed by atoms with Crippen molar-refractivity contribution in [2.75, 3.05) is 20.3 Å². The highest BCUT2D eigenvalue weighted by Crippen LogP contribution is 2.31. The number of esters is 3. The largest absolute Gasteiger partial charge is 0.475 e. The van der Waals surface area contributed by atoms with E-state index in [0.29, 0.717) is 4.57 Å². The number of carbonyl (C=O) groups excluding carboxylic acids is 4. The molecule has 36 heavy (non-hydrogen) atoms. The van der Waals surface area contributed by atoms with E-state index in [0.717, 1.165) is 17.9 Å². The van der Waals surface area contributed by atoms with Gasteiger partial charge in [-0.25, -0.2) is 9.59 Å². The van der Waals surface area contributed by atoms with Gasteiger partial charge in [0.2, 0.25) is 5.75 Å². The minimum absolute atomic E-state index is 0.0474. The van der Waals surface area contributed by atoms with Crippen LogP contribution in [0.3, 0.4) is 0 Å². The third kappa shape index (κ3) is 6.05. The van der Waals surface area contributed by atoms with Crippen molar-refractivity contribution in [3.8, 4) is 5.75 Å². The zero-order valence-electron chi connectivity index (χ0n) is 19.7. The smallest absolute Gasteiger partial charge is 0.343 e. The van der Waals surface area contributed by atoms with Crippen molar-refractivity contribution in [1.82, 2.24) is 9.13 Å². The lowest BCUT2D eigenvalue weighted by molar-refractivity contribution is -0.155. The first-order chi connectivity index (χ1) is 17.1. The molecule has 13 heteroatoms. The highest BCUT2D eigenvalue weighted by molar-refractivity contribution is 5.95. The zero-order valence-corrected chi connectivity index (χ0v) is 19.7. The summed E-state index contributed by atoms with van der Waals surface area (Å²) in [5, 5.41) is 0. The molecule has 0 bridgehead atoms. The van der Waals surface area contributed by atoms with Crippen molar-refractivity contribution in [3.63, 3.8) is 0 Å². The molecule has 2 heterocycles. The molecule has 192 valence electrons. The SMILES string of the molecule is COC(=O)COc1cn([C@H]2C[C@H](OC(C)=O)[C@@H](COC(C)=O)O2)c(=O)n(C(=O)c2ccccc2)c1=O. The van der Waals surface area contributed by atoms with Crippen LogP contribution >= 0.6 is 0 Å². The average molecular weight is 504 g/mol. The van der Waals surface area contributed by atoms with Gasteiger partial charge in [0.05, 0.1) is 13.3 Å². The fourth-order valence-electron chi connectivity index (χ4n) is 3.50. The Labute approximate surface area is 204 Å². The van der Waals surface area contributed by atoms with Gasteiger partial charge in [0.1, 0.15) is 25.0 Å². The number of benzene rings is 1. The average Bonchev–Trinajstić information content (AvgIpc) is 3.24. The Bertz CT molecular complexity index is 1270. The van der Waals surface area contributed by atoms with E-state index in [-0.39, 0.29) is 18.6 Å². The Morgan fingerprint density at radius 3 is 2.36 bits per heavy atom. The van der Waals surface area contributed by atoms with Crippen LogP contribution in [0.1, 0.15) is 36.9 Å². The Hall–Kier alpha value is -4.26. The van der Waals surface area contributed by atoms with Crippen molar-refractivity contribution in [3.05, 3.63) is 62.9 Å². The number of aromatic nitrogens is 2. The summed E-state index contributed by atoms with van der Waals surface area (Å²) in [7, 11) is 1.12. The van der Waals surface area contributed by atoms with E-state index < -0.39 is 65.9 Å². The summed E-state index contributed by atoms with van der Waals surface area (Å²) in [5.41, 5.74) is -2.11. The van der Waals surface area contributed by atoms with Crippen molar-refractivity contribution in [2.24, 2.45) is 0 Å². The topological polar surface area (TPSA) is 158 Å². The van der Waals surface area contributed by atoms with Gasteiger partial charge in [-0.3, -0.25) is 23.7 Å². The highest BCUT2D eigenvalue weighted by atomic mass is 16.6. The van der Waals surface area contributed by atoms with Crippen LogP contribution in [0, 0.1) is 0 Å². The molecule has 2 aromatic rings. The summed E-state index contributed by atoms with van der Waals surface area (Å²) in [6.45, 7) is 1.43.